The molecule has 0 bridgehead atoms. The molecule has 9 heavy (non-hydrogen) atoms. The normalized spacial score (nSPS) is 24.9. The highest BCUT2D eigenvalue weighted by atomic mass is 32.2. The topological polar surface area (TPSA) is 34.1 Å². The van der Waals surface area contributed by atoms with Gasteiger partial charge >= 0.3 is 0 Å². The van der Waals surface area contributed by atoms with Crippen LogP contribution < -0.4 is 0 Å². The fraction of sp³-hybridized carbons (Fsp3) is 0.333. The molecule has 1 aliphatic rings. The molecule has 1 heterocycles. The van der Waals surface area contributed by atoms with Crippen LogP contribution in [0.4, 0.5) is 0 Å². The molecule has 0 amide bonds. The quantitative estimate of drug-likeness (QED) is 0.473. The van der Waals surface area contributed by atoms with Crippen molar-refractivity contribution in [3.05, 3.63) is 23.6 Å². The standard InChI is InChI=1S/C6H8O2S/c1-5-3-6(2)9(7,8)4-5/h1-4H2. The Bertz CT molecular complexity index is 259. The van der Waals surface area contributed by atoms with E-state index in [4.69, 9.17) is 0 Å². The predicted octanol–water partition coefficient (Wildman–Crippen LogP) is 0.875. The second kappa shape index (κ2) is 1.70. The maximum Gasteiger partial charge on any atom is 0.178 e. The first-order valence-corrected chi connectivity index (χ1v) is 4.25. The monoisotopic (exact) mass is 144 g/mol. The number of hydrogen-bond acceptors (Lipinski definition) is 2. The van der Waals surface area contributed by atoms with Gasteiger partial charge in [-0.2, -0.15) is 0 Å². The van der Waals surface area contributed by atoms with E-state index < -0.39 is 9.84 Å². The second-order valence-electron chi connectivity index (χ2n) is 2.22. The third-order valence-corrected chi connectivity index (χ3v) is 3.09. The van der Waals surface area contributed by atoms with E-state index in [1.54, 1.807) is 0 Å². The molecule has 0 atom stereocenters. The zero-order chi connectivity index (χ0) is 7.07. The number of allylic oxidation sites excluding steroid dienone is 1. The van der Waals surface area contributed by atoms with Gasteiger partial charge < -0.3 is 0 Å². The first-order valence-electron chi connectivity index (χ1n) is 2.59. The van der Waals surface area contributed by atoms with Gasteiger partial charge in [-0.25, -0.2) is 8.42 Å². The summed E-state index contributed by atoms with van der Waals surface area (Å²) in [5, 5.41) is 0. The highest BCUT2D eigenvalue weighted by molar-refractivity contribution is 7.95. The third kappa shape index (κ3) is 1.05. The Labute approximate surface area is 54.8 Å². The molecule has 0 aromatic rings. The summed E-state index contributed by atoms with van der Waals surface area (Å²) in [6, 6.07) is 0. The summed E-state index contributed by atoms with van der Waals surface area (Å²) in [5.74, 6) is 0.103. The van der Waals surface area contributed by atoms with Gasteiger partial charge in [0.2, 0.25) is 0 Å². The van der Waals surface area contributed by atoms with Gasteiger partial charge in [-0.1, -0.05) is 18.7 Å². The third-order valence-electron chi connectivity index (χ3n) is 1.28. The Morgan fingerprint density at radius 1 is 1.33 bits per heavy atom. The highest BCUT2D eigenvalue weighted by Crippen LogP contribution is 2.25. The Hall–Kier alpha value is -0.570. The van der Waals surface area contributed by atoms with E-state index in [1.165, 1.54) is 0 Å². The van der Waals surface area contributed by atoms with Crippen LogP contribution in [0, 0.1) is 0 Å². The van der Waals surface area contributed by atoms with E-state index in [0.717, 1.165) is 5.57 Å². The zero-order valence-electron chi connectivity index (χ0n) is 5.05. The van der Waals surface area contributed by atoms with Crippen molar-refractivity contribution in [1.29, 1.82) is 0 Å². The molecule has 0 aliphatic carbocycles. The van der Waals surface area contributed by atoms with Crippen LogP contribution in [0.1, 0.15) is 6.42 Å². The molecule has 1 saturated heterocycles. The van der Waals surface area contributed by atoms with Crippen molar-refractivity contribution >= 4 is 9.84 Å². The lowest BCUT2D eigenvalue weighted by Gasteiger charge is -1.86. The first-order chi connectivity index (χ1) is 4.02. The molecule has 1 aliphatic heterocycles. The highest BCUT2D eigenvalue weighted by Gasteiger charge is 2.24. The largest absolute Gasteiger partial charge is 0.224 e. The number of hydrogen-bond donors (Lipinski definition) is 0. The van der Waals surface area contributed by atoms with Gasteiger partial charge in [0, 0.05) is 11.3 Å². The lowest BCUT2D eigenvalue weighted by atomic mass is 10.2. The van der Waals surface area contributed by atoms with Crippen LogP contribution in [-0.4, -0.2) is 14.2 Å². The SMILES string of the molecule is C=C1CC(=C)S(=O)(=O)C1. The molecular weight excluding hydrogens is 136 g/mol. The second-order valence-corrected chi connectivity index (χ2v) is 4.32. The molecule has 1 fully saturated rings. The molecule has 1 rings (SSSR count). The molecule has 0 aromatic carbocycles. The minimum atomic E-state index is -2.97. The molecular formula is C6H8O2S. The number of rotatable bonds is 0. The fourth-order valence-electron chi connectivity index (χ4n) is 0.811. The van der Waals surface area contributed by atoms with Gasteiger partial charge in [0.15, 0.2) is 9.84 Å². The summed E-state index contributed by atoms with van der Waals surface area (Å²) in [6.07, 6.45) is 0.461. The van der Waals surface area contributed by atoms with Crippen molar-refractivity contribution in [1.82, 2.24) is 0 Å². The van der Waals surface area contributed by atoms with E-state index in [1.807, 2.05) is 0 Å². The Kier molecular flexibility index (Phi) is 1.24. The average molecular weight is 144 g/mol. The predicted molar refractivity (Wildman–Crippen MR) is 36.7 cm³/mol. The van der Waals surface area contributed by atoms with Crippen molar-refractivity contribution in [2.45, 2.75) is 6.42 Å². The molecule has 50 valence electrons. The van der Waals surface area contributed by atoms with Gasteiger partial charge in [-0.15, -0.1) is 0 Å². The lowest BCUT2D eigenvalue weighted by Crippen LogP contribution is -1.97. The molecule has 2 nitrogen and oxygen atoms in total. The van der Waals surface area contributed by atoms with Gasteiger partial charge in [0.1, 0.15) is 0 Å². The molecule has 0 radical (unpaired) electrons. The van der Waals surface area contributed by atoms with Gasteiger partial charge in [0.05, 0.1) is 5.75 Å². The molecule has 0 N–H and O–H groups in total. The first kappa shape index (κ1) is 6.55. The lowest BCUT2D eigenvalue weighted by molar-refractivity contribution is 0.607. The molecule has 0 saturated carbocycles. The van der Waals surface area contributed by atoms with Crippen molar-refractivity contribution in [3.63, 3.8) is 0 Å². The average Bonchev–Trinajstić information content (AvgIpc) is 1.79. The van der Waals surface area contributed by atoms with Crippen LogP contribution in [0.15, 0.2) is 23.6 Å². The summed E-state index contributed by atoms with van der Waals surface area (Å²) in [6.45, 7) is 6.97. The van der Waals surface area contributed by atoms with E-state index in [-0.39, 0.29) is 5.75 Å². The smallest absolute Gasteiger partial charge is 0.178 e. The summed E-state index contributed by atoms with van der Waals surface area (Å²) >= 11 is 0. The zero-order valence-corrected chi connectivity index (χ0v) is 5.87. The van der Waals surface area contributed by atoms with Gasteiger partial charge in [-0.3, -0.25) is 0 Å². The van der Waals surface area contributed by atoms with Crippen molar-refractivity contribution in [2.24, 2.45) is 0 Å². The van der Waals surface area contributed by atoms with Crippen LogP contribution in [0.2, 0.25) is 0 Å². The Morgan fingerprint density at radius 3 is 2.00 bits per heavy atom. The molecule has 0 aromatic heterocycles. The van der Waals surface area contributed by atoms with Crippen LogP contribution in [0.5, 0.6) is 0 Å². The Morgan fingerprint density at radius 2 is 1.89 bits per heavy atom. The van der Waals surface area contributed by atoms with Gasteiger partial charge in [0.25, 0.3) is 0 Å². The molecule has 0 unspecified atom stereocenters. The molecule has 0 spiro atoms. The van der Waals surface area contributed by atoms with Crippen LogP contribution in [0.25, 0.3) is 0 Å². The van der Waals surface area contributed by atoms with E-state index in [9.17, 15) is 8.42 Å². The van der Waals surface area contributed by atoms with E-state index >= 15 is 0 Å². The molecule has 3 heteroatoms. The van der Waals surface area contributed by atoms with Crippen molar-refractivity contribution in [2.75, 3.05) is 5.75 Å². The van der Waals surface area contributed by atoms with Crippen molar-refractivity contribution < 1.29 is 8.42 Å². The van der Waals surface area contributed by atoms with Crippen LogP contribution in [0.3, 0.4) is 0 Å². The fourth-order valence-corrected chi connectivity index (χ4v) is 2.08. The summed E-state index contributed by atoms with van der Waals surface area (Å²) in [4.78, 5) is 0.313. The van der Waals surface area contributed by atoms with Crippen LogP contribution in [-0.2, 0) is 9.84 Å². The van der Waals surface area contributed by atoms with Crippen LogP contribution >= 0.6 is 0 Å². The van der Waals surface area contributed by atoms with E-state index in [2.05, 4.69) is 13.2 Å². The Balaban J connectivity index is 3.10. The maximum absolute atomic E-state index is 10.8. The minimum Gasteiger partial charge on any atom is -0.224 e. The van der Waals surface area contributed by atoms with E-state index in [0.29, 0.717) is 11.3 Å². The minimum absolute atomic E-state index is 0.103. The summed E-state index contributed by atoms with van der Waals surface area (Å²) in [7, 11) is -2.97. The van der Waals surface area contributed by atoms with Crippen molar-refractivity contribution in [3.8, 4) is 0 Å². The van der Waals surface area contributed by atoms with Gasteiger partial charge in [-0.05, 0) is 0 Å². The summed E-state index contributed by atoms with van der Waals surface area (Å²) in [5.41, 5.74) is 0.750. The summed E-state index contributed by atoms with van der Waals surface area (Å²) < 4.78 is 21.6. The number of sulfone groups is 1. The maximum atomic E-state index is 10.8.